The Morgan fingerprint density at radius 1 is 0.504 bits per heavy atom. The van der Waals surface area contributed by atoms with Gasteiger partial charge in [-0.2, -0.15) is 0 Å². The smallest absolute Gasteiger partial charge is 0.870 e. The molecule has 0 aliphatic carbocycles. The number of amides is 1. The van der Waals surface area contributed by atoms with E-state index in [-0.39, 0.29) is 112 Å². The first kappa shape index (κ1) is 118. The number of carbonyl (C=O) groups excluding carboxylic acids is 3. The topological polar surface area (TPSA) is 328 Å². The van der Waals surface area contributed by atoms with Crippen LogP contribution in [0.5, 0.6) is 0 Å². The SMILES string of the molecule is C.C.C1CCOC1.C1CCOC1.CC[C@H](C)Nc1cc(F)c(C(=O)N[C@@H](Cc2ccc(-c3nc(C)c(C)cc3C)c3nccn23)C(=O)OC)c(F)c1.COC(=O)[C@@H](N)Cc1ccc(-c2nc(C)c(C)cc2C)c2nccn12.COC1=N[C@H](C(C)C)C(OC)=N[C@H]1Cc1ccc(-c2nc(C)c(C)cc2C)c2nccn12.Cc1cc(C)c(Br)nc1Br.Cc1cc(C)c(Br)nc1C.[CH3-].[Li+].[Na+].[OH-]. The molecule has 0 unspecified atom stereocenters. The standard InChI is InChI=1S/C30H33F2N5O3.C25H31N5O2.C19H22N4O2.C8H10BrN.C7H7Br2N.2C4H8O.2CH4.CH3.Li.Na.H2O/c1-7-18(4)34-20-13-23(31)26(24(32)14-20)29(38)36-25(30(39)40-6)15-21-8-9-22(28-33-10-11-37(21)28)27-17(3)12-16(2)19(5)35-27;1-14(2)21-25(32-7)28-20(24(29-21)31-6)13-18-8-9-19(23-26-10-11-30(18)23)22-16(4)12-15(3)17(5)27-22;1-11-9-12(2)17(22-13(11)3)15-6-5-14(10-16(20)19(24)25-4)23-8-7-21-18(15)23;1-5-4-6(2)8(9)10-7(5)3;1-4-3-5(2)7(9)10-6(4)8;2*1-2-4-5-3-1;;;;;;/h8-14,18,25,34H,7,15H2,1-6H3,(H,36,38);8-12,14,20-21H,13H2,1-7H3;5-9,16H,10,20H2,1-4H3;4H,1-3H3;3H,1-2H3;2*1-4H2;2*1H4;1H3;;;1H2/q;;;;;;;;;-1;2*+1;/p-1/t18-,25-;20-,21+;16-;;;;;;;;;;/m000........../s1. The summed E-state index contributed by atoms with van der Waals surface area (Å²) in [5, 5.41) is 5.43. The zero-order chi connectivity index (χ0) is 92.8. The average Bonchev–Trinajstić information content (AvgIpc) is 1.68. The molecule has 0 spiro atoms. The number of hydrogen-bond donors (Lipinski definition) is 3. The van der Waals surface area contributed by atoms with Crippen LogP contribution < -0.4 is 64.8 Å². The number of carbonyl (C=O) groups is 3. The van der Waals surface area contributed by atoms with Gasteiger partial charge in [-0.3, -0.25) is 24.5 Å². The van der Waals surface area contributed by atoms with Gasteiger partial charge in [-0.1, -0.05) is 66.0 Å². The zero-order valence-electron chi connectivity index (χ0n) is 80.3. The summed E-state index contributed by atoms with van der Waals surface area (Å²) < 4.78 is 69.0. The van der Waals surface area contributed by atoms with E-state index < -0.39 is 47.1 Å². The second-order valence-corrected chi connectivity index (χ2v) is 34.4. The Morgan fingerprint density at radius 2 is 0.865 bits per heavy atom. The van der Waals surface area contributed by atoms with Crippen LogP contribution >= 0.6 is 47.8 Å². The van der Waals surface area contributed by atoms with Crippen LogP contribution in [0.1, 0.15) is 181 Å². The molecule has 2 saturated heterocycles. The van der Waals surface area contributed by atoms with Gasteiger partial charge >= 0.3 is 60.4 Å². The van der Waals surface area contributed by atoms with Crippen molar-refractivity contribution in [2.24, 2.45) is 21.6 Å². The van der Waals surface area contributed by atoms with Crippen LogP contribution in [-0.2, 0) is 57.3 Å². The number of benzene rings is 1. The van der Waals surface area contributed by atoms with E-state index in [2.05, 4.69) is 179 Å². The summed E-state index contributed by atoms with van der Waals surface area (Å²) >= 11 is 10.0. The number of aromatic nitrogens is 11. The van der Waals surface area contributed by atoms with Gasteiger partial charge in [-0.05, 0) is 294 Å². The Labute approximate surface area is 843 Å². The number of fused-ring (bicyclic) bond motifs is 3. The van der Waals surface area contributed by atoms with Crippen LogP contribution in [0.4, 0.5) is 14.5 Å². The number of anilines is 1. The molecule has 3 aliphatic rings. The summed E-state index contributed by atoms with van der Waals surface area (Å²) in [6.45, 7) is 40.5. The molecule has 5 N–H and O–H groups in total. The third-order valence-electron chi connectivity index (χ3n) is 22.1. The molecular weight excluding hydrogens is 1890 g/mol. The largest absolute Gasteiger partial charge is 1.00 e. The van der Waals surface area contributed by atoms with Crippen LogP contribution in [0.15, 0.2) is 140 Å². The number of methoxy groups -OCH3 is 4. The fraction of sp³-hybridized carbons (Fsp3) is 0.420. The number of rotatable bonds is 17. The first-order valence-corrected chi connectivity index (χ1v) is 44.9. The van der Waals surface area contributed by atoms with Crippen LogP contribution in [0, 0.1) is 122 Å². The molecule has 1 amide bonds. The normalized spacial score (nSPS) is 13.9. The van der Waals surface area contributed by atoms with Gasteiger partial charge in [0.05, 0.1) is 45.5 Å². The minimum absolute atomic E-state index is 0. The van der Waals surface area contributed by atoms with Crippen molar-refractivity contribution >= 4 is 100 Å². The number of esters is 2. The molecule has 0 radical (unpaired) electrons. The third kappa shape index (κ3) is 31.2. The van der Waals surface area contributed by atoms with Crippen LogP contribution in [0.3, 0.4) is 0 Å². The van der Waals surface area contributed by atoms with E-state index in [4.69, 9.17) is 59.1 Å². The maximum absolute atomic E-state index is 14.9. The fourth-order valence-corrected chi connectivity index (χ4v) is 15.5. The van der Waals surface area contributed by atoms with Crippen molar-refractivity contribution in [3.63, 3.8) is 0 Å². The Hall–Kier alpha value is -9.07. The number of aliphatic imine (C=N–C) groups is 2. The first-order valence-electron chi connectivity index (χ1n) is 42.5. The van der Waals surface area contributed by atoms with Gasteiger partial charge < -0.3 is 70.9 Å². The summed E-state index contributed by atoms with van der Waals surface area (Å²) in [7, 11) is 5.83. The van der Waals surface area contributed by atoms with Crippen molar-refractivity contribution < 1.29 is 105 Å². The van der Waals surface area contributed by atoms with E-state index in [1.165, 1.54) is 73.3 Å². The Bertz CT molecular complexity index is 5740. The van der Waals surface area contributed by atoms with Gasteiger partial charge in [-0.25, -0.2) is 48.5 Å². The predicted octanol–water partition coefficient (Wildman–Crippen LogP) is 15.2. The van der Waals surface area contributed by atoms with Crippen molar-refractivity contribution in [2.45, 2.75) is 221 Å². The summed E-state index contributed by atoms with van der Waals surface area (Å²) in [5.74, 6) is -2.76. The Balaban J connectivity index is 0.000000439. The molecule has 3 aliphatic heterocycles. The fourth-order valence-electron chi connectivity index (χ4n) is 14.3. The van der Waals surface area contributed by atoms with Gasteiger partial charge in [0.15, 0.2) is 0 Å². The average molecular weight is 2020 g/mol. The first-order chi connectivity index (χ1) is 60.5. The maximum atomic E-state index is 14.9. The minimum atomic E-state index is -1.22. The molecule has 5 atom stereocenters. The summed E-state index contributed by atoms with van der Waals surface area (Å²) in [4.78, 5) is 83.4. The number of nitrogens with two attached hydrogens (primary N) is 1. The van der Waals surface area contributed by atoms with Crippen LogP contribution in [-0.4, -0.2) is 173 Å². The van der Waals surface area contributed by atoms with Gasteiger partial charge in [0.2, 0.25) is 11.8 Å². The van der Waals surface area contributed by atoms with Gasteiger partial charge in [-0.15, -0.1) is 0 Å². The number of halogens is 5. The number of aryl methyl sites for hydroxylation is 14. The summed E-state index contributed by atoms with van der Waals surface area (Å²) in [6.07, 6.45) is 17.6. The van der Waals surface area contributed by atoms with E-state index >= 15 is 0 Å². The second kappa shape index (κ2) is 55.8. The molecule has 2 fully saturated rings. The number of hydrogen-bond acceptors (Lipinski definition) is 22. The van der Waals surface area contributed by atoms with E-state index in [0.717, 1.165) is 160 Å². The molecule has 133 heavy (non-hydrogen) atoms. The van der Waals surface area contributed by atoms with E-state index in [1.807, 2.05) is 117 Å². The second-order valence-electron chi connectivity index (χ2n) is 32.2. The van der Waals surface area contributed by atoms with Crippen LogP contribution in [0.25, 0.3) is 50.7 Å². The summed E-state index contributed by atoms with van der Waals surface area (Å²) in [6, 6.07) is 22.3. The molecule has 708 valence electrons. The third-order valence-corrected chi connectivity index (χ3v) is 24.5. The van der Waals surface area contributed by atoms with Crippen molar-refractivity contribution in [1.29, 1.82) is 0 Å². The predicted molar refractivity (Wildman–Crippen MR) is 530 cm³/mol. The van der Waals surface area contributed by atoms with E-state index in [9.17, 15) is 23.2 Å². The molecule has 1 aromatic carbocycles. The van der Waals surface area contributed by atoms with Crippen molar-refractivity contribution in [1.82, 2.24) is 58.4 Å². The molecule has 0 bridgehead atoms. The molecule has 0 saturated carbocycles. The maximum Gasteiger partial charge on any atom is 1.00 e. The Kier molecular flexibility index (Phi) is 49.6. The van der Waals surface area contributed by atoms with Gasteiger partial charge in [0.1, 0.15) is 72.1 Å². The molecular formula is C100H131Br3F2LiN16NaO10. The van der Waals surface area contributed by atoms with E-state index in [0.29, 0.717) is 36.0 Å². The Morgan fingerprint density at radius 3 is 1.22 bits per heavy atom. The number of pyridine rings is 8. The van der Waals surface area contributed by atoms with Gasteiger partial charge in [0, 0.05) is 151 Å². The van der Waals surface area contributed by atoms with Crippen molar-refractivity contribution in [3.05, 3.63) is 250 Å². The van der Waals surface area contributed by atoms with Crippen molar-refractivity contribution in [3.8, 4) is 33.8 Å². The number of imidazole rings is 3. The number of nitrogens with zero attached hydrogens (tertiary/aromatic N) is 13. The van der Waals surface area contributed by atoms with E-state index in [1.54, 1.807) is 43.3 Å². The molecule has 26 nitrogen and oxygen atoms in total. The summed E-state index contributed by atoms with van der Waals surface area (Å²) in [5.41, 5.74) is 31.2. The molecule has 15 rings (SSSR count). The monoisotopic (exact) mass is 2020 g/mol. The number of ether oxygens (including phenoxy) is 6. The van der Waals surface area contributed by atoms with Gasteiger partial charge in [0.25, 0.3) is 5.91 Å². The van der Waals surface area contributed by atoms with Crippen LogP contribution in [0.2, 0.25) is 0 Å². The number of nitrogens with one attached hydrogen (secondary N) is 2. The van der Waals surface area contributed by atoms with Crippen molar-refractivity contribution in [2.75, 3.05) is 60.2 Å². The zero-order valence-corrected chi connectivity index (χ0v) is 87.1. The minimum Gasteiger partial charge on any atom is -0.870 e. The molecule has 33 heteroatoms. The molecule has 12 aromatic rings. The quantitative estimate of drug-likeness (QED) is 0.0330. The molecule has 11 aromatic heterocycles. The molecule has 14 heterocycles.